The molecule has 0 aromatic carbocycles. The molecule has 7 nitrogen and oxygen atoms in total. The van der Waals surface area contributed by atoms with Crippen LogP contribution in [-0.2, 0) is 9.59 Å². The number of likely N-dealkylation sites (tertiary alicyclic amines) is 1. The van der Waals surface area contributed by atoms with Gasteiger partial charge >= 0.3 is 0 Å². The molecule has 0 radical (unpaired) electrons. The molecule has 26 heavy (non-hydrogen) atoms. The summed E-state index contributed by atoms with van der Waals surface area (Å²) in [6.45, 7) is 10.8. The normalized spacial score (nSPS) is 18.3. The van der Waals surface area contributed by atoms with E-state index >= 15 is 0 Å². The van der Waals surface area contributed by atoms with Gasteiger partial charge in [-0.25, -0.2) is 0 Å². The van der Waals surface area contributed by atoms with Gasteiger partial charge in [-0.15, -0.1) is 11.8 Å². The van der Waals surface area contributed by atoms with Crippen molar-refractivity contribution in [2.75, 3.05) is 30.7 Å². The van der Waals surface area contributed by atoms with Crippen LogP contribution in [0.1, 0.15) is 39.4 Å². The quantitative estimate of drug-likeness (QED) is 0.717. The van der Waals surface area contributed by atoms with Crippen LogP contribution < -0.4 is 10.6 Å². The summed E-state index contributed by atoms with van der Waals surface area (Å²) < 4.78 is 4.91. The lowest BCUT2D eigenvalue weighted by molar-refractivity contribution is -0.118. The van der Waals surface area contributed by atoms with Crippen molar-refractivity contribution in [2.24, 2.45) is 5.92 Å². The highest BCUT2D eigenvalue weighted by Crippen LogP contribution is 2.18. The Labute approximate surface area is 159 Å². The van der Waals surface area contributed by atoms with E-state index in [4.69, 9.17) is 4.52 Å². The first-order valence-corrected chi connectivity index (χ1v) is 10.3. The Hall–Kier alpha value is -1.54. The Bertz CT molecular complexity index is 599. The molecule has 2 N–H and O–H groups in total. The third-order valence-corrected chi connectivity index (χ3v) is 5.89. The fraction of sp³-hybridized carbons (Fsp3) is 0.722. The zero-order valence-electron chi connectivity index (χ0n) is 16.1. The summed E-state index contributed by atoms with van der Waals surface area (Å²) in [5, 5.41) is 9.04. The summed E-state index contributed by atoms with van der Waals surface area (Å²) in [7, 11) is 0. The van der Waals surface area contributed by atoms with Crippen molar-refractivity contribution >= 4 is 29.4 Å². The fourth-order valence-electron chi connectivity index (χ4n) is 2.84. The summed E-state index contributed by atoms with van der Waals surface area (Å²) in [6, 6.07) is 2.00. The predicted octanol–water partition coefficient (Wildman–Crippen LogP) is 2.28. The van der Waals surface area contributed by atoms with Crippen molar-refractivity contribution in [2.45, 2.75) is 51.8 Å². The van der Waals surface area contributed by atoms with Gasteiger partial charge in [0.05, 0.1) is 11.0 Å². The number of hydrogen-bond donors (Lipinski definition) is 2. The second-order valence-electron chi connectivity index (χ2n) is 7.14. The first kappa shape index (κ1) is 20.8. The summed E-state index contributed by atoms with van der Waals surface area (Å²) >= 11 is 1.31. The van der Waals surface area contributed by atoms with Gasteiger partial charge in [0.1, 0.15) is 5.76 Å². The molecule has 2 unspecified atom stereocenters. The molecule has 0 spiro atoms. The number of hydrogen-bond acceptors (Lipinski definition) is 6. The lowest BCUT2D eigenvalue weighted by Crippen LogP contribution is -2.45. The highest BCUT2D eigenvalue weighted by Gasteiger charge is 2.21. The predicted molar refractivity (Wildman–Crippen MR) is 104 cm³/mol. The van der Waals surface area contributed by atoms with E-state index < -0.39 is 0 Å². The van der Waals surface area contributed by atoms with Crippen LogP contribution in [0, 0.1) is 12.8 Å². The molecule has 2 heterocycles. The summed E-state index contributed by atoms with van der Waals surface area (Å²) in [6.07, 6.45) is 2.46. The number of nitrogens with zero attached hydrogens (tertiary/aromatic N) is 2. The molecule has 0 aliphatic carbocycles. The molecule has 1 aromatic heterocycles. The van der Waals surface area contributed by atoms with Crippen LogP contribution >= 0.6 is 11.8 Å². The molecule has 0 bridgehead atoms. The van der Waals surface area contributed by atoms with Crippen molar-refractivity contribution in [1.82, 2.24) is 15.4 Å². The standard InChI is InChI=1S/C18H30N4O3S/c1-12-5-7-22(8-6-12)13(2)10-19-17(23)11-26-15(4)18(24)20-16-9-14(3)25-21-16/h9,12-13,15H,5-8,10-11H2,1-4H3,(H,19,23)(H,20,21,24). The Morgan fingerprint density at radius 2 is 2.08 bits per heavy atom. The molecule has 1 aliphatic heterocycles. The third-order valence-electron chi connectivity index (χ3n) is 4.75. The van der Waals surface area contributed by atoms with E-state index in [-0.39, 0.29) is 22.8 Å². The van der Waals surface area contributed by atoms with E-state index in [1.165, 1.54) is 24.6 Å². The fourth-order valence-corrected chi connectivity index (χ4v) is 3.55. The number of nitrogens with one attached hydrogen (secondary N) is 2. The molecule has 8 heteroatoms. The number of aryl methyl sites for hydroxylation is 1. The zero-order valence-corrected chi connectivity index (χ0v) is 16.9. The summed E-state index contributed by atoms with van der Waals surface area (Å²) in [5.41, 5.74) is 0. The second-order valence-corrected chi connectivity index (χ2v) is 8.47. The number of aromatic nitrogens is 1. The molecule has 146 valence electrons. The maximum Gasteiger partial charge on any atom is 0.238 e. The van der Waals surface area contributed by atoms with Gasteiger partial charge in [-0.05, 0) is 52.6 Å². The first-order valence-electron chi connectivity index (χ1n) is 9.21. The van der Waals surface area contributed by atoms with Crippen LogP contribution in [0.2, 0.25) is 0 Å². The zero-order chi connectivity index (χ0) is 19.1. The van der Waals surface area contributed by atoms with Crippen LogP contribution in [0.5, 0.6) is 0 Å². The van der Waals surface area contributed by atoms with Crippen LogP contribution in [0.4, 0.5) is 5.82 Å². The van der Waals surface area contributed by atoms with E-state index in [1.54, 1.807) is 19.9 Å². The largest absolute Gasteiger partial charge is 0.360 e. The minimum absolute atomic E-state index is 0.0378. The van der Waals surface area contributed by atoms with Gasteiger partial charge in [-0.2, -0.15) is 0 Å². The number of anilines is 1. The van der Waals surface area contributed by atoms with Gasteiger partial charge in [0.2, 0.25) is 11.8 Å². The third kappa shape index (κ3) is 6.64. The average molecular weight is 383 g/mol. The van der Waals surface area contributed by atoms with Gasteiger partial charge in [0.25, 0.3) is 0 Å². The molecule has 1 saturated heterocycles. The van der Waals surface area contributed by atoms with Crippen LogP contribution in [0.3, 0.4) is 0 Å². The van der Waals surface area contributed by atoms with E-state index in [0.29, 0.717) is 24.2 Å². The maximum absolute atomic E-state index is 12.1. The Kier molecular flexibility index (Phi) is 7.96. The average Bonchev–Trinajstić information content (AvgIpc) is 3.02. The van der Waals surface area contributed by atoms with Crippen LogP contribution in [0.25, 0.3) is 0 Å². The SMILES string of the molecule is Cc1cc(NC(=O)C(C)SCC(=O)NCC(C)N2CCC(C)CC2)no1. The van der Waals surface area contributed by atoms with E-state index in [0.717, 1.165) is 19.0 Å². The molecule has 1 fully saturated rings. The number of thioether (sulfide) groups is 1. The smallest absolute Gasteiger partial charge is 0.238 e. The van der Waals surface area contributed by atoms with Gasteiger partial charge in [-0.3, -0.25) is 14.5 Å². The lowest BCUT2D eigenvalue weighted by Gasteiger charge is -2.35. The van der Waals surface area contributed by atoms with Gasteiger partial charge in [-0.1, -0.05) is 12.1 Å². The highest BCUT2D eigenvalue weighted by molar-refractivity contribution is 8.01. The van der Waals surface area contributed by atoms with E-state index in [1.807, 2.05) is 0 Å². The maximum atomic E-state index is 12.1. The molecule has 2 amide bonds. The molecule has 0 saturated carbocycles. The first-order chi connectivity index (χ1) is 12.3. The molecular formula is C18H30N4O3S. The molecule has 1 aromatic rings. The van der Waals surface area contributed by atoms with Crippen molar-refractivity contribution in [3.8, 4) is 0 Å². The summed E-state index contributed by atoms with van der Waals surface area (Å²) in [4.78, 5) is 26.6. The number of amides is 2. The van der Waals surface area contributed by atoms with Gasteiger partial charge in [0.15, 0.2) is 5.82 Å². The molecule has 2 rings (SSSR count). The number of rotatable bonds is 8. The topological polar surface area (TPSA) is 87.5 Å². The lowest BCUT2D eigenvalue weighted by atomic mass is 9.98. The minimum Gasteiger partial charge on any atom is -0.360 e. The highest BCUT2D eigenvalue weighted by atomic mass is 32.2. The van der Waals surface area contributed by atoms with Crippen molar-refractivity contribution < 1.29 is 14.1 Å². The molecule has 1 aliphatic rings. The Morgan fingerprint density at radius 1 is 1.38 bits per heavy atom. The van der Waals surface area contributed by atoms with E-state index in [9.17, 15) is 9.59 Å². The van der Waals surface area contributed by atoms with Crippen molar-refractivity contribution in [3.63, 3.8) is 0 Å². The van der Waals surface area contributed by atoms with Crippen LogP contribution in [-0.4, -0.2) is 58.5 Å². The number of piperidine rings is 1. The van der Waals surface area contributed by atoms with Gasteiger partial charge in [0, 0.05) is 18.7 Å². The van der Waals surface area contributed by atoms with Crippen LogP contribution in [0.15, 0.2) is 10.6 Å². The number of carbonyl (C=O) groups is 2. The monoisotopic (exact) mass is 382 g/mol. The van der Waals surface area contributed by atoms with Gasteiger partial charge < -0.3 is 15.2 Å². The molecular weight excluding hydrogens is 352 g/mol. The minimum atomic E-state index is -0.348. The molecule has 2 atom stereocenters. The Morgan fingerprint density at radius 3 is 2.69 bits per heavy atom. The van der Waals surface area contributed by atoms with Crippen molar-refractivity contribution in [1.29, 1.82) is 0 Å². The number of carbonyl (C=O) groups excluding carboxylic acids is 2. The summed E-state index contributed by atoms with van der Waals surface area (Å²) in [5.74, 6) is 1.87. The van der Waals surface area contributed by atoms with E-state index in [2.05, 4.69) is 34.5 Å². The second kappa shape index (κ2) is 9.97. The Balaban J connectivity index is 1.63. The van der Waals surface area contributed by atoms with Crippen molar-refractivity contribution in [3.05, 3.63) is 11.8 Å².